The number of nitrogens with zero attached hydrogens (tertiary/aromatic N) is 3. The van der Waals surface area contributed by atoms with Crippen LogP contribution in [0.4, 0.5) is 4.39 Å². The maximum absolute atomic E-state index is 13.5. The smallest absolute Gasteiger partial charge is 0.263 e. The highest BCUT2D eigenvalue weighted by molar-refractivity contribution is 7.89. The Morgan fingerprint density at radius 2 is 2.05 bits per heavy atom. The predicted molar refractivity (Wildman–Crippen MR) is 67.3 cm³/mol. The molecule has 0 saturated heterocycles. The van der Waals surface area contributed by atoms with Crippen LogP contribution in [0, 0.1) is 5.82 Å². The summed E-state index contributed by atoms with van der Waals surface area (Å²) in [4.78, 5) is 16.4. The van der Waals surface area contributed by atoms with Gasteiger partial charge in [-0.1, -0.05) is 6.92 Å². The van der Waals surface area contributed by atoms with Crippen LogP contribution in [0.15, 0.2) is 23.4 Å². The van der Waals surface area contributed by atoms with Gasteiger partial charge in [0.15, 0.2) is 5.82 Å². The molecular weight excluding hydrogens is 273 g/mol. The van der Waals surface area contributed by atoms with Crippen LogP contribution in [0.2, 0.25) is 0 Å². The number of amides is 1. The second-order valence-corrected chi connectivity index (χ2v) is 5.86. The van der Waals surface area contributed by atoms with E-state index in [0.717, 1.165) is 10.4 Å². The van der Waals surface area contributed by atoms with Crippen molar-refractivity contribution < 1.29 is 17.6 Å². The lowest BCUT2D eigenvalue weighted by Gasteiger charge is -2.21. The number of hydrogen-bond acceptors (Lipinski definition) is 4. The van der Waals surface area contributed by atoms with E-state index in [1.165, 1.54) is 31.3 Å². The quantitative estimate of drug-likeness (QED) is 0.782. The lowest BCUT2D eigenvalue weighted by Crippen LogP contribution is -2.40. The lowest BCUT2D eigenvalue weighted by atomic mass is 10.5. The Morgan fingerprint density at radius 3 is 2.53 bits per heavy atom. The van der Waals surface area contributed by atoms with Gasteiger partial charge >= 0.3 is 0 Å². The van der Waals surface area contributed by atoms with Crippen molar-refractivity contribution in [3.8, 4) is 0 Å². The number of rotatable bonds is 5. The van der Waals surface area contributed by atoms with Crippen molar-refractivity contribution >= 4 is 15.9 Å². The minimum absolute atomic E-state index is 0.0535. The number of carbonyl (C=O) groups excluding carboxylic acids is 1. The number of aromatic nitrogens is 1. The fourth-order valence-corrected chi connectivity index (χ4v) is 2.72. The van der Waals surface area contributed by atoms with Crippen molar-refractivity contribution in [3.63, 3.8) is 0 Å². The summed E-state index contributed by atoms with van der Waals surface area (Å²) in [5, 5.41) is -0.664. The van der Waals surface area contributed by atoms with E-state index in [-0.39, 0.29) is 19.0 Å². The van der Waals surface area contributed by atoms with E-state index in [2.05, 4.69) is 4.98 Å². The molecule has 1 aromatic rings. The molecule has 19 heavy (non-hydrogen) atoms. The molecule has 0 atom stereocenters. The molecule has 106 valence electrons. The number of pyridine rings is 1. The van der Waals surface area contributed by atoms with E-state index in [4.69, 9.17) is 0 Å². The van der Waals surface area contributed by atoms with Gasteiger partial charge in [-0.05, 0) is 12.1 Å². The monoisotopic (exact) mass is 289 g/mol. The Kier molecular flexibility index (Phi) is 4.96. The Morgan fingerprint density at radius 1 is 1.42 bits per heavy atom. The summed E-state index contributed by atoms with van der Waals surface area (Å²) >= 11 is 0. The molecule has 1 heterocycles. The van der Waals surface area contributed by atoms with Gasteiger partial charge in [0.25, 0.3) is 10.0 Å². The molecular formula is C11H16FN3O3S. The third-order valence-corrected chi connectivity index (χ3v) is 4.33. The summed E-state index contributed by atoms with van der Waals surface area (Å²) in [6.07, 6.45) is 1.19. The number of halogens is 1. The SMILES string of the molecule is CCN(CC(=O)N(C)C)S(=O)(=O)c1ncccc1F. The first-order valence-electron chi connectivity index (χ1n) is 5.61. The van der Waals surface area contributed by atoms with Gasteiger partial charge in [-0.15, -0.1) is 0 Å². The molecule has 0 N–H and O–H groups in total. The zero-order valence-electron chi connectivity index (χ0n) is 11.0. The zero-order chi connectivity index (χ0) is 14.6. The van der Waals surface area contributed by atoms with Crippen LogP contribution in [-0.2, 0) is 14.8 Å². The first-order chi connectivity index (χ1) is 8.80. The molecule has 0 radical (unpaired) electrons. The van der Waals surface area contributed by atoms with Gasteiger partial charge in [0.1, 0.15) is 0 Å². The van der Waals surface area contributed by atoms with Crippen molar-refractivity contribution in [1.82, 2.24) is 14.2 Å². The molecule has 6 nitrogen and oxygen atoms in total. The van der Waals surface area contributed by atoms with E-state index in [9.17, 15) is 17.6 Å². The number of hydrogen-bond donors (Lipinski definition) is 0. The molecule has 0 fully saturated rings. The molecule has 0 aromatic carbocycles. The van der Waals surface area contributed by atoms with Gasteiger partial charge in [0, 0.05) is 26.8 Å². The van der Waals surface area contributed by atoms with Gasteiger partial charge in [-0.3, -0.25) is 4.79 Å². The maximum Gasteiger partial charge on any atom is 0.263 e. The Bertz CT molecular complexity index is 560. The summed E-state index contributed by atoms with van der Waals surface area (Å²) < 4.78 is 38.8. The summed E-state index contributed by atoms with van der Waals surface area (Å²) in [5.74, 6) is -1.32. The van der Waals surface area contributed by atoms with Crippen molar-refractivity contribution in [2.45, 2.75) is 11.9 Å². The van der Waals surface area contributed by atoms with E-state index in [0.29, 0.717) is 0 Å². The predicted octanol–water partition coefficient (Wildman–Crippen LogP) is 0.320. The highest BCUT2D eigenvalue weighted by atomic mass is 32.2. The molecule has 8 heteroatoms. The molecule has 1 rings (SSSR count). The molecule has 0 unspecified atom stereocenters. The third-order valence-electron chi connectivity index (χ3n) is 2.47. The Hall–Kier alpha value is -1.54. The van der Waals surface area contributed by atoms with Crippen LogP contribution < -0.4 is 0 Å². The van der Waals surface area contributed by atoms with Crippen molar-refractivity contribution in [3.05, 3.63) is 24.1 Å². The molecule has 0 saturated carbocycles. The van der Waals surface area contributed by atoms with Crippen LogP contribution in [0.5, 0.6) is 0 Å². The fourth-order valence-electron chi connectivity index (χ4n) is 1.34. The number of likely N-dealkylation sites (N-methyl/N-ethyl adjacent to an activating group) is 2. The van der Waals surface area contributed by atoms with Crippen molar-refractivity contribution in [2.75, 3.05) is 27.2 Å². The molecule has 0 spiro atoms. The van der Waals surface area contributed by atoms with Crippen LogP contribution in [0.3, 0.4) is 0 Å². The number of sulfonamides is 1. The second kappa shape index (κ2) is 6.07. The zero-order valence-corrected chi connectivity index (χ0v) is 11.8. The summed E-state index contributed by atoms with van der Waals surface area (Å²) in [5.41, 5.74) is 0. The van der Waals surface area contributed by atoms with Gasteiger partial charge in [-0.2, -0.15) is 4.31 Å². The minimum Gasteiger partial charge on any atom is -0.348 e. The standard InChI is InChI=1S/C11H16FN3O3S/c1-4-15(8-10(16)14(2)3)19(17,18)11-9(12)6-5-7-13-11/h5-7H,4,8H2,1-3H3. The number of carbonyl (C=O) groups is 1. The molecule has 1 aromatic heterocycles. The maximum atomic E-state index is 13.5. The summed E-state index contributed by atoms with van der Waals surface area (Å²) in [7, 11) is -1.07. The highest BCUT2D eigenvalue weighted by Gasteiger charge is 2.29. The van der Waals surface area contributed by atoms with Crippen LogP contribution in [0.25, 0.3) is 0 Å². The summed E-state index contributed by atoms with van der Waals surface area (Å²) in [6.45, 7) is 1.28. The molecule has 1 amide bonds. The average Bonchev–Trinajstić information content (AvgIpc) is 2.35. The van der Waals surface area contributed by atoms with E-state index in [1.807, 2.05) is 0 Å². The normalized spacial score (nSPS) is 11.6. The molecule has 0 aliphatic heterocycles. The molecule has 0 aliphatic rings. The van der Waals surface area contributed by atoms with Crippen LogP contribution in [-0.4, -0.2) is 55.7 Å². The largest absolute Gasteiger partial charge is 0.348 e. The van der Waals surface area contributed by atoms with Crippen LogP contribution >= 0.6 is 0 Å². The first-order valence-corrected chi connectivity index (χ1v) is 7.05. The van der Waals surface area contributed by atoms with Crippen molar-refractivity contribution in [2.24, 2.45) is 0 Å². The van der Waals surface area contributed by atoms with Crippen LogP contribution in [0.1, 0.15) is 6.92 Å². The Balaban J connectivity index is 3.10. The first kappa shape index (κ1) is 15.5. The average molecular weight is 289 g/mol. The second-order valence-electron chi connectivity index (χ2n) is 4.01. The fraction of sp³-hybridized carbons (Fsp3) is 0.455. The molecule has 0 bridgehead atoms. The summed E-state index contributed by atoms with van der Waals surface area (Å²) in [6, 6.07) is 2.32. The van der Waals surface area contributed by atoms with Gasteiger partial charge in [0.2, 0.25) is 10.9 Å². The van der Waals surface area contributed by atoms with Gasteiger partial charge < -0.3 is 4.90 Å². The van der Waals surface area contributed by atoms with Gasteiger partial charge in [0.05, 0.1) is 6.54 Å². The van der Waals surface area contributed by atoms with E-state index >= 15 is 0 Å². The van der Waals surface area contributed by atoms with E-state index < -0.39 is 20.9 Å². The minimum atomic E-state index is -4.11. The van der Waals surface area contributed by atoms with Gasteiger partial charge in [-0.25, -0.2) is 17.8 Å². The topological polar surface area (TPSA) is 70.6 Å². The molecule has 0 aliphatic carbocycles. The Labute approximate surface area is 111 Å². The third kappa shape index (κ3) is 3.48. The van der Waals surface area contributed by atoms with Crippen molar-refractivity contribution in [1.29, 1.82) is 0 Å². The highest BCUT2D eigenvalue weighted by Crippen LogP contribution is 2.16. The lowest BCUT2D eigenvalue weighted by molar-refractivity contribution is -0.128. The van der Waals surface area contributed by atoms with E-state index in [1.54, 1.807) is 6.92 Å².